The van der Waals surface area contributed by atoms with E-state index in [9.17, 15) is 4.79 Å². The molecule has 1 aliphatic rings. The molecule has 5 nitrogen and oxygen atoms in total. The number of rotatable bonds is 7. The van der Waals surface area contributed by atoms with Crippen LogP contribution in [0.2, 0.25) is 0 Å². The van der Waals surface area contributed by atoms with Crippen molar-refractivity contribution in [1.82, 2.24) is 9.78 Å². The number of benzene rings is 2. The average molecular weight is 392 g/mol. The molecule has 0 radical (unpaired) electrons. The number of fused-ring (bicyclic) bond motifs is 1. The van der Waals surface area contributed by atoms with Gasteiger partial charge in [0.2, 0.25) is 0 Å². The van der Waals surface area contributed by atoms with Gasteiger partial charge in [-0.05, 0) is 30.5 Å². The second kappa shape index (κ2) is 9.12. The molecule has 0 unspecified atom stereocenters. The van der Waals surface area contributed by atoms with Gasteiger partial charge in [-0.2, -0.15) is 5.10 Å². The number of aromatic nitrogens is 2. The van der Waals surface area contributed by atoms with Crippen LogP contribution in [0.25, 0.3) is 22.2 Å². The van der Waals surface area contributed by atoms with Crippen molar-refractivity contribution in [3.63, 3.8) is 0 Å². The molecule has 0 saturated heterocycles. The van der Waals surface area contributed by atoms with Gasteiger partial charge in [-0.15, -0.1) is 0 Å². The molecule has 0 N–H and O–H groups in total. The first-order valence-corrected chi connectivity index (χ1v) is 10.5. The van der Waals surface area contributed by atoms with Crippen LogP contribution in [0.4, 0.5) is 0 Å². The summed E-state index contributed by atoms with van der Waals surface area (Å²) in [4.78, 5) is 11.8. The normalized spacial score (nSPS) is 14.8. The molecule has 0 spiro atoms. The minimum atomic E-state index is -0.315. The van der Waals surface area contributed by atoms with Gasteiger partial charge in [0.15, 0.2) is 0 Å². The number of para-hydroxylation sites is 1. The van der Waals surface area contributed by atoms with Crippen LogP contribution in [0.15, 0.2) is 48.5 Å². The molecule has 1 saturated carbocycles. The van der Waals surface area contributed by atoms with Gasteiger partial charge in [0.05, 0.1) is 19.2 Å². The van der Waals surface area contributed by atoms with Crippen LogP contribution in [-0.4, -0.2) is 29.5 Å². The summed E-state index contributed by atoms with van der Waals surface area (Å²) in [6.45, 7) is 0.847. The number of hydrogen-bond donors (Lipinski definition) is 0. The van der Waals surface area contributed by atoms with Crippen molar-refractivity contribution in [3.8, 4) is 17.0 Å². The van der Waals surface area contributed by atoms with Crippen molar-refractivity contribution >= 4 is 16.9 Å². The molecule has 0 atom stereocenters. The fraction of sp³-hybridized carbons (Fsp3) is 0.417. The first-order valence-electron chi connectivity index (χ1n) is 10.5. The molecule has 3 aromatic rings. The van der Waals surface area contributed by atoms with E-state index < -0.39 is 0 Å². The topological polar surface area (TPSA) is 53.4 Å². The van der Waals surface area contributed by atoms with E-state index in [1.807, 2.05) is 48.5 Å². The third-order valence-electron chi connectivity index (χ3n) is 5.79. The molecule has 2 aromatic carbocycles. The maximum atomic E-state index is 11.8. The maximum absolute atomic E-state index is 11.8. The zero-order valence-electron chi connectivity index (χ0n) is 17.0. The SMILES string of the molecule is COC(=O)Cn1nc(-c2cccc(OCCC3CCCCC3)c2)c2ccccc21. The second-order valence-electron chi connectivity index (χ2n) is 7.77. The number of methoxy groups -OCH3 is 1. The monoisotopic (exact) mass is 392 g/mol. The third-order valence-corrected chi connectivity index (χ3v) is 5.79. The Morgan fingerprint density at radius 3 is 2.76 bits per heavy atom. The van der Waals surface area contributed by atoms with Crippen LogP contribution in [0, 0.1) is 5.92 Å². The summed E-state index contributed by atoms with van der Waals surface area (Å²) in [6, 6.07) is 16.0. The van der Waals surface area contributed by atoms with Gasteiger partial charge in [-0.25, -0.2) is 0 Å². The summed E-state index contributed by atoms with van der Waals surface area (Å²) in [5.74, 6) is 1.36. The molecular formula is C24H28N2O3. The fourth-order valence-corrected chi connectivity index (χ4v) is 4.20. The summed E-state index contributed by atoms with van der Waals surface area (Å²) in [5, 5.41) is 5.71. The summed E-state index contributed by atoms with van der Waals surface area (Å²) >= 11 is 0. The van der Waals surface area contributed by atoms with Crippen LogP contribution >= 0.6 is 0 Å². The number of nitrogens with zero attached hydrogens (tertiary/aromatic N) is 2. The van der Waals surface area contributed by atoms with Crippen LogP contribution in [-0.2, 0) is 16.1 Å². The van der Waals surface area contributed by atoms with E-state index >= 15 is 0 Å². The van der Waals surface area contributed by atoms with E-state index in [0.29, 0.717) is 0 Å². The Morgan fingerprint density at radius 1 is 1.10 bits per heavy atom. The number of carbonyl (C=O) groups is 1. The lowest BCUT2D eigenvalue weighted by Gasteiger charge is -2.21. The highest BCUT2D eigenvalue weighted by molar-refractivity contribution is 5.94. The smallest absolute Gasteiger partial charge is 0.327 e. The number of hydrogen-bond acceptors (Lipinski definition) is 4. The molecule has 1 aromatic heterocycles. The maximum Gasteiger partial charge on any atom is 0.327 e. The second-order valence-corrected chi connectivity index (χ2v) is 7.77. The van der Waals surface area contributed by atoms with E-state index in [2.05, 4.69) is 0 Å². The average Bonchev–Trinajstić information content (AvgIpc) is 3.13. The highest BCUT2D eigenvalue weighted by atomic mass is 16.5. The number of ether oxygens (including phenoxy) is 2. The van der Waals surface area contributed by atoms with Gasteiger partial charge in [0.1, 0.15) is 18.0 Å². The van der Waals surface area contributed by atoms with Crippen molar-refractivity contribution in [3.05, 3.63) is 48.5 Å². The van der Waals surface area contributed by atoms with Crippen molar-refractivity contribution in [1.29, 1.82) is 0 Å². The van der Waals surface area contributed by atoms with E-state index in [4.69, 9.17) is 14.6 Å². The fourth-order valence-electron chi connectivity index (χ4n) is 4.20. The summed E-state index contributed by atoms with van der Waals surface area (Å²) in [7, 11) is 1.39. The van der Waals surface area contributed by atoms with Gasteiger partial charge >= 0.3 is 5.97 Å². The number of esters is 1. The lowest BCUT2D eigenvalue weighted by Crippen LogP contribution is -2.12. The van der Waals surface area contributed by atoms with E-state index in [1.54, 1.807) is 4.68 Å². The molecule has 1 heterocycles. The van der Waals surface area contributed by atoms with Gasteiger partial charge in [-0.3, -0.25) is 9.48 Å². The van der Waals surface area contributed by atoms with Crippen molar-refractivity contribution in [2.75, 3.05) is 13.7 Å². The minimum absolute atomic E-state index is 0.0919. The number of carbonyl (C=O) groups excluding carboxylic acids is 1. The lowest BCUT2D eigenvalue weighted by atomic mass is 9.87. The standard InChI is InChI=1S/C24H28N2O3/c1-28-23(27)17-26-22-13-6-5-12-21(22)24(25-26)19-10-7-11-20(16-19)29-15-14-18-8-3-2-4-9-18/h5-7,10-13,16,18H,2-4,8-9,14-15,17H2,1H3. The molecule has 1 aliphatic carbocycles. The summed E-state index contributed by atoms with van der Waals surface area (Å²) in [6.07, 6.45) is 7.92. The highest BCUT2D eigenvalue weighted by Gasteiger charge is 2.16. The summed E-state index contributed by atoms with van der Waals surface area (Å²) in [5.41, 5.74) is 2.75. The molecule has 0 amide bonds. The molecule has 0 aliphatic heterocycles. The lowest BCUT2D eigenvalue weighted by molar-refractivity contribution is -0.141. The van der Waals surface area contributed by atoms with Crippen molar-refractivity contribution in [2.24, 2.45) is 5.92 Å². The first kappa shape index (κ1) is 19.5. The molecule has 152 valence electrons. The Balaban J connectivity index is 1.53. The Morgan fingerprint density at radius 2 is 1.93 bits per heavy atom. The molecule has 5 heteroatoms. The van der Waals surface area contributed by atoms with Crippen molar-refractivity contribution in [2.45, 2.75) is 45.1 Å². The third kappa shape index (κ3) is 4.61. The minimum Gasteiger partial charge on any atom is -0.494 e. The zero-order chi connectivity index (χ0) is 20.1. The van der Waals surface area contributed by atoms with Crippen LogP contribution in [0.3, 0.4) is 0 Å². The van der Waals surface area contributed by atoms with E-state index in [0.717, 1.165) is 46.9 Å². The zero-order valence-corrected chi connectivity index (χ0v) is 17.0. The van der Waals surface area contributed by atoms with E-state index in [1.165, 1.54) is 39.2 Å². The largest absolute Gasteiger partial charge is 0.494 e. The van der Waals surface area contributed by atoms with Gasteiger partial charge < -0.3 is 9.47 Å². The molecule has 29 heavy (non-hydrogen) atoms. The first-order chi connectivity index (χ1) is 14.2. The predicted octanol–water partition coefficient (Wildman–Crippen LogP) is 5.23. The van der Waals surface area contributed by atoms with Crippen LogP contribution in [0.5, 0.6) is 5.75 Å². The summed E-state index contributed by atoms with van der Waals surface area (Å²) < 4.78 is 12.6. The quantitative estimate of drug-likeness (QED) is 0.517. The molecule has 1 fully saturated rings. The Kier molecular flexibility index (Phi) is 6.13. The molecule has 0 bridgehead atoms. The predicted molar refractivity (Wildman–Crippen MR) is 114 cm³/mol. The Bertz CT molecular complexity index is 973. The van der Waals surface area contributed by atoms with E-state index in [-0.39, 0.29) is 12.5 Å². The Labute approximate surface area is 171 Å². The Hall–Kier alpha value is -2.82. The van der Waals surface area contributed by atoms with Gasteiger partial charge in [0.25, 0.3) is 0 Å². The highest BCUT2D eigenvalue weighted by Crippen LogP contribution is 2.31. The van der Waals surface area contributed by atoms with Gasteiger partial charge in [-0.1, -0.05) is 62.4 Å². The molecule has 4 rings (SSSR count). The van der Waals surface area contributed by atoms with Crippen LogP contribution < -0.4 is 4.74 Å². The van der Waals surface area contributed by atoms with Gasteiger partial charge in [0, 0.05) is 10.9 Å². The van der Waals surface area contributed by atoms with Crippen LogP contribution in [0.1, 0.15) is 38.5 Å². The van der Waals surface area contributed by atoms with Crippen molar-refractivity contribution < 1.29 is 14.3 Å². The molecular weight excluding hydrogens is 364 g/mol.